The molecule has 8 heteroatoms. The van der Waals surface area contributed by atoms with Crippen LogP contribution < -0.4 is 27.0 Å². The SMILES string of the molecule is CC(C)C(NC(C)(C)C)C(=O)NC(CCCNC(N)=O)C(=O)NCCC(C)(C)C. The van der Waals surface area contributed by atoms with Crippen LogP contribution in [0.5, 0.6) is 0 Å². The average Bonchev–Trinajstić information content (AvgIpc) is 2.52. The Morgan fingerprint density at radius 1 is 0.897 bits per heavy atom. The Bertz CT molecular complexity index is 535. The number of nitrogens with two attached hydrogens (primary N) is 1. The minimum atomic E-state index is -0.667. The van der Waals surface area contributed by atoms with Crippen LogP contribution in [0.25, 0.3) is 0 Å². The van der Waals surface area contributed by atoms with Crippen molar-refractivity contribution < 1.29 is 14.4 Å². The van der Waals surface area contributed by atoms with Gasteiger partial charge in [-0.1, -0.05) is 34.6 Å². The molecule has 0 saturated carbocycles. The predicted molar refractivity (Wildman–Crippen MR) is 117 cm³/mol. The number of nitrogens with one attached hydrogen (secondary N) is 4. The number of hydrogen-bond donors (Lipinski definition) is 5. The standard InChI is InChI=1S/C21H43N5O3/c1-14(2)16(26-21(6,7)8)18(28)25-15(10-9-12-24-19(22)29)17(27)23-13-11-20(3,4)5/h14-16,26H,9-13H2,1-8H3,(H,23,27)(H,25,28)(H3,22,24,29). The van der Waals surface area contributed by atoms with E-state index >= 15 is 0 Å². The first-order valence-electron chi connectivity index (χ1n) is 10.5. The summed E-state index contributed by atoms with van der Waals surface area (Å²) in [6, 6.07) is -1.68. The first-order valence-corrected chi connectivity index (χ1v) is 10.5. The van der Waals surface area contributed by atoms with Crippen LogP contribution in [0.3, 0.4) is 0 Å². The number of urea groups is 1. The lowest BCUT2D eigenvalue weighted by Gasteiger charge is -2.31. The number of rotatable bonds is 11. The van der Waals surface area contributed by atoms with E-state index in [9.17, 15) is 14.4 Å². The maximum Gasteiger partial charge on any atom is 0.312 e. The lowest BCUT2D eigenvalue weighted by atomic mass is 9.92. The molecule has 0 aromatic rings. The van der Waals surface area contributed by atoms with Crippen molar-refractivity contribution in [1.29, 1.82) is 0 Å². The number of hydrogen-bond acceptors (Lipinski definition) is 4. The summed E-state index contributed by atoms with van der Waals surface area (Å²) in [5.74, 6) is -0.343. The van der Waals surface area contributed by atoms with Crippen molar-refractivity contribution in [1.82, 2.24) is 21.3 Å². The summed E-state index contributed by atoms with van der Waals surface area (Å²) in [5, 5.41) is 11.7. The Balaban J connectivity index is 5.06. The van der Waals surface area contributed by atoms with E-state index in [0.717, 1.165) is 6.42 Å². The van der Waals surface area contributed by atoms with Crippen LogP contribution >= 0.6 is 0 Å². The number of carbonyl (C=O) groups excluding carboxylic acids is 3. The molecule has 0 saturated heterocycles. The third-order valence-corrected chi connectivity index (χ3v) is 4.31. The summed E-state index contributed by atoms with van der Waals surface area (Å²) in [6.07, 6.45) is 1.77. The zero-order valence-electron chi connectivity index (χ0n) is 19.6. The Hall–Kier alpha value is -1.83. The van der Waals surface area contributed by atoms with Gasteiger partial charge in [0.2, 0.25) is 11.8 Å². The molecular formula is C21H43N5O3. The van der Waals surface area contributed by atoms with Gasteiger partial charge in [0.1, 0.15) is 6.04 Å². The van der Waals surface area contributed by atoms with Gasteiger partial charge in [0, 0.05) is 18.6 Å². The molecule has 0 aliphatic carbocycles. The summed E-state index contributed by atoms with van der Waals surface area (Å²) in [4.78, 5) is 36.5. The Morgan fingerprint density at radius 3 is 1.93 bits per heavy atom. The fourth-order valence-electron chi connectivity index (χ4n) is 2.73. The molecule has 0 spiro atoms. The molecule has 8 nitrogen and oxygen atoms in total. The third kappa shape index (κ3) is 13.9. The van der Waals surface area contributed by atoms with Gasteiger partial charge in [0.25, 0.3) is 0 Å². The molecule has 0 heterocycles. The molecule has 0 bridgehead atoms. The van der Waals surface area contributed by atoms with E-state index in [0.29, 0.717) is 25.9 Å². The molecule has 4 amide bonds. The molecule has 0 aliphatic heterocycles. The van der Waals surface area contributed by atoms with E-state index in [2.05, 4.69) is 42.0 Å². The largest absolute Gasteiger partial charge is 0.354 e. The summed E-state index contributed by atoms with van der Waals surface area (Å²) < 4.78 is 0. The van der Waals surface area contributed by atoms with Crippen LogP contribution in [-0.4, -0.2) is 48.6 Å². The zero-order valence-corrected chi connectivity index (χ0v) is 19.6. The zero-order chi connectivity index (χ0) is 22.8. The average molecular weight is 414 g/mol. The second-order valence-corrected chi connectivity index (χ2v) is 10.2. The minimum Gasteiger partial charge on any atom is -0.354 e. The van der Waals surface area contributed by atoms with Crippen molar-refractivity contribution in [3.63, 3.8) is 0 Å². The lowest BCUT2D eigenvalue weighted by molar-refractivity contribution is -0.131. The van der Waals surface area contributed by atoms with Crippen molar-refractivity contribution >= 4 is 17.8 Å². The predicted octanol–water partition coefficient (Wildman–Crippen LogP) is 1.88. The first kappa shape index (κ1) is 27.2. The van der Waals surface area contributed by atoms with E-state index in [1.807, 2.05) is 34.6 Å². The van der Waals surface area contributed by atoms with Gasteiger partial charge in [0.15, 0.2) is 0 Å². The fraction of sp³-hybridized carbons (Fsp3) is 0.857. The molecule has 0 aromatic carbocycles. The molecule has 0 aromatic heterocycles. The number of carbonyl (C=O) groups is 3. The quantitative estimate of drug-likeness (QED) is 0.332. The molecule has 2 unspecified atom stereocenters. The van der Waals surface area contributed by atoms with Crippen LogP contribution in [0.2, 0.25) is 0 Å². The molecule has 0 rings (SSSR count). The van der Waals surface area contributed by atoms with Gasteiger partial charge >= 0.3 is 6.03 Å². The van der Waals surface area contributed by atoms with E-state index in [1.165, 1.54) is 0 Å². The second kappa shape index (κ2) is 12.0. The maximum atomic E-state index is 12.9. The second-order valence-electron chi connectivity index (χ2n) is 10.2. The van der Waals surface area contributed by atoms with E-state index in [-0.39, 0.29) is 28.7 Å². The Labute approximate surface area is 176 Å². The topological polar surface area (TPSA) is 125 Å². The van der Waals surface area contributed by atoms with Crippen LogP contribution in [-0.2, 0) is 9.59 Å². The molecule has 0 aliphatic rings. The van der Waals surface area contributed by atoms with Crippen LogP contribution in [0.1, 0.15) is 74.7 Å². The van der Waals surface area contributed by atoms with Crippen LogP contribution in [0.4, 0.5) is 4.79 Å². The van der Waals surface area contributed by atoms with Crippen molar-refractivity contribution in [3.05, 3.63) is 0 Å². The molecular weight excluding hydrogens is 370 g/mol. The minimum absolute atomic E-state index is 0.0651. The Kier molecular flexibility index (Phi) is 11.2. The van der Waals surface area contributed by atoms with Crippen LogP contribution in [0.15, 0.2) is 0 Å². The highest BCUT2D eigenvalue weighted by atomic mass is 16.2. The van der Waals surface area contributed by atoms with Crippen molar-refractivity contribution in [3.8, 4) is 0 Å². The van der Waals surface area contributed by atoms with Crippen molar-refractivity contribution in [2.24, 2.45) is 17.1 Å². The molecule has 29 heavy (non-hydrogen) atoms. The monoisotopic (exact) mass is 413 g/mol. The van der Waals surface area contributed by atoms with Gasteiger partial charge in [-0.3, -0.25) is 9.59 Å². The summed E-state index contributed by atoms with van der Waals surface area (Å²) in [7, 11) is 0. The molecule has 0 fully saturated rings. The highest BCUT2D eigenvalue weighted by Crippen LogP contribution is 2.17. The highest BCUT2D eigenvalue weighted by Gasteiger charge is 2.30. The summed E-state index contributed by atoms with van der Waals surface area (Å²) in [5.41, 5.74) is 4.95. The summed E-state index contributed by atoms with van der Waals surface area (Å²) >= 11 is 0. The van der Waals surface area contributed by atoms with E-state index in [4.69, 9.17) is 5.73 Å². The third-order valence-electron chi connectivity index (χ3n) is 4.31. The molecule has 6 N–H and O–H groups in total. The Morgan fingerprint density at radius 2 is 1.48 bits per heavy atom. The highest BCUT2D eigenvalue weighted by molar-refractivity contribution is 5.90. The van der Waals surface area contributed by atoms with Crippen molar-refractivity contribution in [2.45, 2.75) is 92.3 Å². The normalized spacial score (nSPS) is 14.2. The molecule has 2 atom stereocenters. The van der Waals surface area contributed by atoms with Crippen molar-refractivity contribution in [2.75, 3.05) is 13.1 Å². The first-order chi connectivity index (χ1) is 13.1. The number of amides is 4. The van der Waals surface area contributed by atoms with Gasteiger partial charge in [-0.05, 0) is 51.4 Å². The molecule has 0 radical (unpaired) electrons. The number of primary amides is 1. The smallest absolute Gasteiger partial charge is 0.312 e. The van der Waals surface area contributed by atoms with Gasteiger partial charge in [0.05, 0.1) is 6.04 Å². The summed E-state index contributed by atoms with van der Waals surface area (Å²) in [6.45, 7) is 17.2. The lowest BCUT2D eigenvalue weighted by Crippen LogP contribution is -2.57. The fourth-order valence-corrected chi connectivity index (χ4v) is 2.73. The van der Waals surface area contributed by atoms with Gasteiger partial charge in [-0.15, -0.1) is 0 Å². The van der Waals surface area contributed by atoms with Gasteiger partial charge in [-0.25, -0.2) is 4.79 Å². The molecule has 170 valence electrons. The van der Waals surface area contributed by atoms with Crippen LogP contribution in [0, 0.1) is 11.3 Å². The van der Waals surface area contributed by atoms with E-state index < -0.39 is 18.1 Å². The van der Waals surface area contributed by atoms with Gasteiger partial charge in [-0.2, -0.15) is 0 Å². The van der Waals surface area contributed by atoms with E-state index in [1.54, 1.807) is 0 Å². The van der Waals surface area contributed by atoms with Gasteiger partial charge < -0.3 is 27.0 Å². The maximum absolute atomic E-state index is 12.9.